The van der Waals surface area contributed by atoms with Crippen LogP contribution in [0, 0.1) is 6.92 Å². The van der Waals surface area contributed by atoms with Gasteiger partial charge in [-0.3, -0.25) is 14.9 Å². The summed E-state index contributed by atoms with van der Waals surface area (Å²) < 4.78 is 31.8. The van der Waals surface area contributed by atoms with E-state index >= 15 is 0 Å². The Balaban J connectivity index is 2.08. The van der Waals surface area contributed by atoms with Gasteiger partial charge in [0, 0.05) is 12.6 Å². The van der Waals surface area contributed by atoms with Gasteiger partial charge < -0.3 is 10.1 Å². The Labute approximate surface area is 168 Å². The summed E-state index contributed by atoms with van der Waals surface area (Å²) in [6.45, 7) is 1.13. The van der Waals surface area contributed by atoms with Crippen LogP contribution in [0.2, 0.25) is 0 Å². The molecule has 2 rings (SSSR count). The smallest absolute Gasteiger partial charge is 0.322 e. The molecule has 0 bridgehead atoms. The SMILES string of the molecule is CNC(=O)NC(=O)[C@H](OC(=O)CNS(=O)(=O)c1ccc(C)cc1)c1ccccc1. The largest absolute Gasteiger partial charge is 0.446 e. The molecule has 0 fully saturated rings. The Morgan fingerprint density at radius 3 is 2.21 bits per heavy atom. The molecule has 0 saturated carbocycles. The number of rotatable bonds is 7. The lowest BCUT2D eigenvalue weighted by Crippen LogP contribution is -2.42. The fourth-order valence-corrected chi connectivity index (χ4v) is 3.24. The number of amides is 3. The summed E-state index contributed by atoms with van der Waals surface area (Å²) in [6, 6.07) is 13.3. The molecule has 0 aliphatic rings. The molecule has 0 aromatic heterocycles. The highest BCUT2D eigenvalue weighted by atomic mass is 32.2. The number of benzene rings is 2. The van der Waals surface area contributed by atoms with Crippen LogP contribution < -0.4 is 15.4 Å². The van der Waals surface area contributed by atoms with Gasteiger partial charge in [0.15, 0.2) is 0 Å². The van der Waals surface area contributed by atoms with Crippen molar-refractivity contribution in [2.45, 2.75) is 17.9 Å². The summed E-state index contributed by atoms with van der Waals surface area (Å²) in [5.41, 5.74) is 1.21. The standard InChI is InChI=1S/C19H21N3O6S/c1-13-8-10-15(11-9-13)29(26,27)21-12-16(23)28-17(14-6-4-3-5-7-14)18(24)22-19(25)20-2/h3-11,17,21H,12H2,1-2H3,(H2,20,22,24,25)/t17-/m1/s1. The van der Waals surface area contributed by atoms with Crippen LogP contribution in [0.1, 0.15) is 17.2 Å². The van der Waals surface area contributed by atoms with Crippen molar-refractivity contribution in [1.82, 2.24) is 15.4 Å². The van der Waals surface area contributed by atoms with Gasteiger partial charge in [-0.15, -0.1) is 0 Å². The lowest BCUT2D eigenvalue weighted by Gasteiger charge is -2.17. The van der Waals surface area contributed by atoms with Crippen molar-refractivity contribution in [3.63, 3.8) is 0 Å². The summed E-state index contributed by atoms with van der Waals surface area (Å²) in [4.78, 5) is 35.9. The highest BCUT2D eigenvalue weighted by Crippen LogP contribution is 2.18. The average molecular weight is 419 g/mol. The van der Waals surface area contributed by atoms with Gasteiger partial charge in [0.2, 0.25) is 16.1 Å². The topological polar surface area (TPSA) is 131 Å². The van der Waals surface area contributed by atoms with Gasteiger partial charge in [-0.25, -0.2) is 13.2 Å². The Kier molecular flexibility index (Phi) is 7.46. The Bertz CT molecular complexity index is 975. The lowest BCUT2D eigenvalue weighted by molar-refractivity contribution is -0.155. The van der Waals surface area contributed by atoms with Gasteiger partial charge in [0.25, 0.3) is 5.91 Å². The molecule has 0 aliphatic heterocycles. The van der Waals surface area contributed by atoms with E-state index in [4.69, 9.17) is 4.74 Å². The number of hydrogen-bond acceptors (Lipinski definition) is 6. The minimum Gasteiger partial charge on any atom is -0.446 e. The molecule has 29 heavy (non-hydrogen) atoms. The zero-order valence-corrected chi connectivity index (χ0v) is 16.7. The highest BCUT2D eigenvalue weighted by molar-refractivity contribution is 7.89. The molecule has 2 aromatic rings. The minimum atomic E-state index is -3.93. The molecule has 154 valence electrons. The van der Waals surface area contributed by atoms with Gasteiger partial charge in [0.05, 0.1) is 4.90 Å². The number of imide groups is 1. The number of carbonyl (C=O) groups is 3. The number of esters is 1. The van der Waals surface area contributed by atoms with E-state index in [-0.39, 0.29) is 4.90 Å². The number of urea groups is 1. The van der Waals surface area contributed by atoms with Crippen molar-refractivity contribution in [2.75, 3.05) is 13.6 Å². The molecular weight excluding hydrogens is 398 g/mol. The summed E-state index contributed by atoms with van der Waals surface area (Å²) in [7, 11) is -2.61. The van der Waals surface area contributed by atoms with E-state index in [1.807, 2.05) is 12.2 Å². The van der Waals surface area contributed by atoms with E-state index in [0.29, 0.717) is 5.56 Å². The third-order valence-corrected chi connectivity index (χ3v) is 5.21. The molecule has 3 amide bonds. The van der Waals surface area contributed by atoms with Crippen molar-refractivity contribution in [1.29, 1.82) is 0 Å². The first-order valence-electron chi connectivity index (χ1n) is 8.56. The van der Waals surface area contributed by atoms with Crippen LogP contribution in [-0.4, -0.2) is 39.9 Å². The summed E-state index contributed by atoms with van der Waals surface area (Å²) >= 11 is 0. The predicted octanol–water partition coefficient (Wildman–Crippen LogP) is 1.01. The van der Waals surface area contributed by atoms with E-state index in [1.165, 1.54) is 31.3 Å². The third-order valence-electron chi connectivity index (χ3n) is 3.79. The number of aryl methyl sites for hydroxylation is 1. The number of nitrogens with one attached hydrogen (secondary N) is 3. The maximum absolute atomic E-state index is 12.3. The van der Waals surface area contributed by atoms with Crippen LogP contribution in [0.3, 0.4) is 0 Å². The minimum absolute atomic E-state index is 0.00660. The van der Waals surface area contributed by atoms with Crippen LogP contribution in [0.15, 0.2) is 59.5 Å². The molecule has 0 saturated heterocycles. The summed E-state index contributed by atoms with van der Waals surface area (Å²) in [5.74, 6) is -1.85. The molecule has 3 N–H and O–H groups in total. The lowest BCUT2D eigenvalue weighted by atomic mass is 10.1. The Hall–Kier alpha value is -3.24. The normalized spacial score (nSPS) is 11.9. The van der Waals surface area contributed by atoms with Crippen molar-refractivity contribution in [3.05, 3.63) is 65.7 Å². The maximum Gasteiger partial charge on any atom is 0.322 e. The number of sulfonamides is 1. The first-order valence-corrected chi connectivity index (χ1v) is 10.0. The zero-order valence-electron chi connectivity index (χ0n) is 15.8. The van der Waals surface area contributed by atoms with Crippen LogP contribution in [0.25, 0.3) is 0 Å². The summed E-state index contributed by atoms with van der Waals surface area (Å²) in [6.07, 6.45) is -1.43. The second kappa shape index (κ2) is 9.80. The first kappa shape index (κ1) is 22.1. The second-order valence-electron chi connectivity index (χ2n) is 5.99. The molecule has 0 radical (unpaired) electrons. The fraction of sp³-hybridized carbons (Fsp3) is 0.211. The number of ether oxygens (including phenoxy) is 1. The molecule has 2 aromatic carbocycles. The fourth-order valence-electron chi connectivity index (χ4n) is 2.27. The highest BCUT2D eigenvalue weighted by Gasteiger charge is 2.27. The molecule has 9 nitrogen and oxygen atoms in total. The second-order valence-corrected chi connectivity index (χ2v) is 7.75. The van der Waals surface area contributed by atoms with Crippen LogP contribution >= 0.6 is 0 Å². The quantitative estimate of drug-likeness (QED) is 0.574. The van der Waals surface area contributed by atoms with Crippen LogP contribution in [0.5, 0.6) is 0 Å². The van der Waals surface area contributed by atoms with E-state index in [9.17, 15) is 22.8 Å². The van der Waals surface area contributed by atoms with Gasteiger partial charge in [-0.05, 0) is 19.1 Å². The molecule has 0 aliphatic carbocycles. The molecule has 0 unspecified atom stereocenters. The van der Waals surface area contributed by atoms with Crippen molar-refractivity contribution in [2.24, 2.45) is 0 Å². The zero-order chi connectivity index (χ0) is 21.4. The van der Waals surface area contributed by atoms with Crippen molar-refractivity contribution >= 4 is 27.9 Å². The Morgan fingerprint density at radius 2 is 1.62 bits per heavy atom. The first-order chi connectivity index (χ1) is 13.7. The van der Waals surface area contributed by atoms with Crippen molar-refractivity contribution < 1.29 is 27.5 Å². The maximum atomic E-state index is 12.3. The van der Waals surface area contributed by atoms with Gasteiger partial charge >= 0.3 is 12.0 Å². The number of carbonyl (C=O) groups excluding carboxylic acids is 3. The molecule has 0 heterocycles. The van der Waals surface area contributed by atoms with E-state index in [1.54, 1.807) is 30.3 Å². The molecule has 10 heteroatoms. The molecule has 1 atom stereocenters. The monoisotopic (exact) mass is 419 g/mol. The number of hydrogen-bond donors (Lipinski definition) is 3. The van der Waals surface area contributed by atoms with E-state index in [0.717, 1.165) is 5.56 Å². The average Bonchev–Trinajstić information content (AvgIpc) is 2.71. The van der Waals surface area contributed by atoms with Gasteiger partial charge in [-0.1, -0.05) is 48.0 Å². The van der Waals surface area contributed by atoms with Crippen LogP contribution in [-0.2, 0) is 24.3 Å². The molecular formula is C19H21N3O6S. The van der Waals surface area contributed by atoms with E-state index < -0.39 is 40.6 Å². The van der Waals surface area contributed by atoms with Crippen molar-refractivity contribution in [3.8, 4) is 0 Å². The van der Waals surface area contributed by atoms with Gasteiger partial charge in [-0.2, -0.15) is 4.72 Å². The Morgan fingerprint density at radius 1 is 1.00 bits per heavy atom. The molecule has 0 spiro atoms. The predicted molar refractivity (Wildman–Crippen MR) is 104 cm³/mol. The summed E-state index contributed by atoms with van der Waals surface area (Å²) in [5, 5.41) is 4.25. The third kappa shape index (κ3) is 6.40. The van der Waals surface area contributed by atoms with Gasteiger partial charge in [0.1, 0.15) is 6.54 Å². The van der Waals surface area contributed by atoms with E-state index in [2.05, 4.69) is 10.0 Å². The van der Waals surface area contributed by atoms with Crippen LogP contribution in [0.4, 0.5) is 4.79 Å².